The Morgan fingerprint density at radius 3 is 2.19 bits per heavy atom. The van der Waals surface area contributed by atoms with E-state index >= 15 is 0 Å². The molecule has 1 unspecified atom stereocenters. The molecule has 2 fully saturated rings. The molecule has 3 rings (SSSR count). The number of nitrogens with zero attached hydrogens (tertiary/aromatic N) is 2. The van der Waals surface area contributed by atoms with E-state index in [1.807, 2.05) is 24.3 Å². The van der Waals surface area contributed by atoms with Gasteiger partial charge < -0.3 is 0 Å². The van der Waals surface area contributed by atoms with E-state index in [1.165, 1.54) is 17.7 Å². The molecular weight excluding hydrogens is 332 g/mol. The maximum Gasteiger partial charge on any atom is 0.251 e. The predicted molar refractivity (Wildman–Crippen MR) is 85.1 cm³/mol. The highest BCUT2D eigenvalue weighted by molar-refractivity contribution is 9.10. The molecule has 112 valence electrons. The first-order valence-electron chi connectivity index (χ1n) is 7.53. The first-order valence-corrected chi connectivity index (χ1v) is 8.32. The van der Waals surface area contributed by atoms with Gasteiger partial charge in [0.25, 0.3) is 5.91 Å². The Morgan fingerprint density at radius 1 is 0.952 bits per heavy atom. The summed E-state index contributed by atoms with van der Waals surface area (Å²) in [5.41, 5.74) is 0.672. The second kappa shape index (κ2) is 6.28. The predicted octanol–water partition coefficient (Wildman–Crippen LogP) is 2.96. The number of hydrogen-bond donors (Lipinski definition) is 0. The molecule has 1 atom stereocenters. The third-order valence-corrected chi connectivity index (χ3v) is 4.82. The highest BCUT2D eigenvalue weighted by Crippen LogP contribution is 2.28. The number of carbonyl (C=O) groups excluding carboxylic acids is 2. The van der Waals surface area contributed by atoms with Crippen LogP contribution in [0.15, 0.2) is 28.7 Å². The van der Waals surface area contributed by atoms with Crippen molar-refractivity contribution in [2.24, 2.45) is 0 Å². The molecule has 2 saturated heterocycles. The third-order valence-electron chi connectivity index (χ3n) is 4.29. The van der Waals surface area contributed by atoms with Gasteiger partial charge in [0.05, 0.1) is 18.2 Å². The molecule has 0 N–H and O–H groups in total. The van der Waals surface area contributed by atoms with E-state index < -0.39 is 0 Å². The molecule has 2 aliphatic heterocycles. The average molecular weight is 351 g/mol. The van der Waals surface area contributed by atoms with Crippen LogP contribution < -0.4 is 4.90 Å². The fourth-order valence-corrected chi connectivity index (χ4v) is 3.43. The quantitative estimate of drug-likeness (QED) is 0.770. The lowest BCUT2D eigenvalue weighted by Crippen LogP contribution is -2.42. The largest absolute Gasteiger partial charge is 0.292 e. The van der Waals surface area contributed by atoms with Crippen LogP contribution in [0, 0.1) is 0 Å². The SMILES string of the molecule is O=C1CC(N2CCCCCC2)C(=O)N1c1ccc(Br)cc1. The molecule has 1 aromatic carbocycles. The van der Waals surface area contributed by atoms with Crippen molar-refractivity contribution in [3.63, 3.8) is 0 Å². The van der Waals surface area contributed by atoms with Crippen LogP contribution in [0.2, 0.25) is 0 Å². The van der Waals surface area contributed by atoms with Gasteiger partial charge in [0, 0.05) is 4.47 Å². The fourth-order valence-electron chi connectivity index (χ4n) is 3.17. The molecule has 21 heavy (non-hydrogen) atoms. The molecule has 2 heterocycles. The molecule has 2 amide bonds. The van der Waals surface area contributed by atoms with Crippen molar-refractivity contribution in [1.82, 2.24) is 4.90 Å². The van der Waals surface area contributed by atoms with E-state index in [0.717, 1.165) is 30.4 Å². The Hall–Kier alpha value is -1.20. The first-order chi connectivity index (χ1) is 10.2. The molecule has 1 aromatic rings. The van der Waals surface area contributed by atoms with Gasteiger partial charge in [-0.05, 0) is 50.2 Å². The summed E-state index contributed by atoms with van der Waals surface area (Å²) in [5.74, 6) is -0.152. The molecule has 4 nitrogen and oxygen atoms in total. The molecule has 0 aliphatic carbocycles. The number of carbonyl (C=O) groups is 2. The topological polar surface area (TPSA) is 40.6 Å². The van der Waals surface area contributed by atoms with E-state index in [-0.39, 0.29) is 17.9 Å². The number of benzene rings is 1. The zero-order chi connectivity index (χ0) is 14.8. The summed E-state index contributed by atoms with van der Waals surface area (Å²) in [6.45, 7) is 1.86. The first kappa shape index (κ1) is 14.7. The number of imide groups is 1. The van der Waals surface area contributed by atoms with Crippen molar-refractivity contribution < 1.29 is 9.59 Å². The highest BCUT2D eigenvalue weighted by atomic mass is 79.9. The summed E-state index contributed by atoms with van der Waals surface area (Å²) in [7, 11) is 0. The normalized spacial score (nSPS) is 24.4. The van der Waals surface area contributed by atoms with Crippen LogP contribution in [-0.4, -0.2) is 35.8 Å². The van der Waals surface area contributed by atoms with Gasteiger partial charge in [0.1, 0.15) is 0 Å². The number of rotatable bonds is 2. The summed E-state index contributed by atoms with van der Waals surface area (Å²) < 4.78 is 0.939. The summed E-state index contributed by atoms with van der Waals surface area (Å²) >= 11 is 3.37. The third kappa shape index (κ3) is 3.04. The van der Waals surface area contributed by atoms with E-state index in [0.29, 0.717) is 12.1 Å². The second-order valence-corrected chi connectivity index (χ2v) is 6.63. The standard InChI is InChI=1S/C16H19BrN2O2/c17-12-5-7-13(8-6-12)19-15(20)11-14(16(19)21)18-9-3-1-2-4-10-18/h5-8,14H,1-4,9-11H2. The van der Waals surface area contributed by atoms with Gasteiger partial charge >= 0.3 is 0 Å². The lowest BCUT2D eigenvalue weighted by atomic mass is 10.2. The molecule has 5 heteroatoms. The van der Waals surface area contributed by atoms with Crippen molar-refractivity contribution >= 4 is 33.4 Å². The van der Waals surface area contributed by atoms with Gasteiger partial charge in [-0.15, -0.1) is 0 Å². The average Bonchev–Trinajstić information content (AvgIpc) is 2.69. The van der Waals surface area contributed by atoms with Crippen LogP contribution in [0.3, 0.4) is 0 Å². The maximum absolute atomic E-state index is 12.7. The Balaban J connectivity index is 1.79. The molecule has 0 bridgehead atoms. The van der Waals surface area contributed by atoms with Crippen molar-refractivity contribution in [1.29, 1.82) is 0 Å². The lowest BCUT2D eigenvalue weighted by Gasteiger charge is -2.25. The van der Waals surface area contributed by atoms with E-state index in [9.17, 15) is 9.59 Å². The zero-order valence-corrected chi connectivity index (χ0v) is 13.5. The molecule has 0 aromatic heterocycles. The van der Waals surface area contributed by atoms with Gasteiger partial charge in [0.15, 0.2) is 0 Å². The van der Waals surface area contributed by atoms with Gasteiger partial charge in [-0.3, -0.25) is 14.5 Å². The molecular formula is C16H19BrN2O2. The molecule has 0 saturated carbocycles. The minimum atomic E-state index is -0.265. The van der Waals surface area contributed by atoms with Gasteiger partial charge in [-0.1, -0.05) is 28.8 Å². The van der Waals surface area contributed by atoms with Crippen molar-refractivity contribution in [2.75, 3.05) is 18.0 Å². The smallest absolute Gasteiger partial charge is 0.251 e. The minimum Gasteiger partial charge on any atom is -0.292 e. The van der Waals surface area contributed by atoms with E-state index in [2.05, 4.69) is 20.8 Å². The minimum absolute atomic E-state index is 0.0655. The van der Waals surface area contributed by atoms with Crippen molar-refractivity contribution in [3.8, 4) is 0 Å². The lowest BCUT2D eigenvalue weighted by molar-refractivity contribution is -0.122. The van der Waals surface area contributed by atoms with Crippen LogP contribution >= 0.6 is 15.9 Å². The van der Waals surface area contributed by atoms with Crippen LogP contribution in [0.1, 0.15) is 32.1 Å². The Labute approximate surface area is 133 Å². The van der Waals surface area contributed by atoms with Gasteiger partial charge in [0.2, 0.25) is 5.91 Å². The van der Waals surface area contributed by atoms with Crippen LogP contribution in [-0.2, 0) is 9.59 Å². The van der Waals surface area contributed by atoms with Crippen molar-refractivity contribution in [2.45, 2.75) is 38.1 Å². The molecule has 2 aliphatic rings. The van der Waals surface area contributed by atoms with Gasteiger partial charge in [-0.25, -0.2) is 4.90 Å². The maximum atomic E-state index is 12.7. The van der Waals surface area contributed by atoms with Crippen LogP contribution in [0.4, 0.5) is 5.69 Å². The fraction of sp³-hybridized carbons (Fsp3) is 0.500. The zero-order valence-electron chi connectivity index (χ0n) is 11.9. The van der Waals surface area contributed by atoms with Crippen LogP contribution in [0.25, 0.3) is 0 Å². The number of likely N-dealkylation sites (tertiary alicyclic amines) is 1. The van der Waals surface area contributed by atoms with Crippen molar-refractivity contribution in [3.05, 3.63) is 28.7 Å². The van der Waals surface area contributed by atoms with Crippen LogP contribution in [0.5, 0.6) is 0 Å². The van der Waals surface area contributed by atoms with Gasteiger partial charge in [-0.2, -0.15) is 0 Å². The molecule has 0 spiro atoms. The number of hydrogen-bond acceptors (Lipinski definition) is 3. The summed E-state index contributed by atoms with van der Waals surface area (Å²) in [6.07, 6.45) is 5.00. The van der Waals surface area contributed by atoms with E-state index in [1.54, 1.807) is 0 Å². The Morgan fingerprint density at radius 2 is 1.57 bits per heavy atom. The van der Waals surface area contributed by atoms with E-state index in [4.69, 9.17) is 0 Å². The number of anilines is 1. The second-order valence-electron chi connectivity index (χ2n) is 5.71. The summed E-state index contributed by atoms with van der Waals surface area (Å²) in [6, 6.07) is 7.07. The number of amides is 2. The summed E-state index contributed by atoms with van der Waals surface area (Å²) in [4.78, 5) is 28.5. The molecule has 0 radical (unpaired) electrons. The highest BCUT2D eigenvalue weighted by Gasteiger charge is 2.42. The number of halogens is 1. The Kier molecular flexibility index (Phi) is 4.40. The monoisotopic (exact) mass is 350 g/mol. The summed E-state index contributed by atoms with van der Waals surface area (Å²) in [5, 5.41) is 0. The Bertz CT molecular complexity index is 536.